The monoisotopic (exact) mass is 307 g/mol. The SMILES string of the molecule is CNCCCNS(=O)(=O)c1cccc(C(N)=O)c1.Cl. The van der Waals surface area contributed by atoms with Crippen LogP contribution in [0.15, 0.2) is 29.2 Å². The van der Waals surface area contributed by atoms with Gasteiger partial charge in [-0.1, -0.05) is 6.07 Å². The van der Waals surface area contributed by atoms with Gasteiger partial charge in [-0.05, 0) is 38.2 Å². The van der Waals surface area contributed by atoms with Crippen LogP contribution >= 0.6 is 12.4 Å². The highest BCUT2D eigenvalue weighted by atomic mass is 35.5. The number of hydrogen-bond acceptors (Lipinski definition) is 4. The van der Waals surface area contributed by atoms with E-state index in [0.717, 1.165) is 6.54 Å². The lowest BCUT2D eigenvalue weighted by Crippen LogP contribution is -2.27. The summed E-state index contributed by atoms with van der Waals surface area (Å²) in [5, 5.41) is 2.92. The summed E-state index contributed by atoms with van der Waals surface area (Å²) in [6, 6.07) is 5.65. The first kappa shape index (κ1) is 17.8. The highest BCUT2D eigenvalue weighted by Crippen LogP contribution is 2.10. The highest BCUT2D eigenvalue weighted by molar-refractivity contribution is 7.89. The molecule has 4 N–H and O–H groups in total. The average Bonchev–Trinajstić information content (AvgIpc) is 2.35. The fourth-order valence-corrected chi connectivity index (χ4v) is 2.49. The van der Waals surface area contributed by atoms with Crippen LogP contribution in [0.25, 0.3) is 0 Å². The minimum atomic E-state index is -3.58. The number of benzene rings is 1. The molecular weight excluding hydrogens is 290 g/mol. The molecule has 0 bridgehead atoms. The summed E-state index contributed by atoms with van der Waals surface area (Å²) in [4.78, 5) is 11.0. The third kappa shape index (κ3) is 5.56. The molecule has 0 aliphatic heterocycles. The number of carbonyl (C=O) groups excluding carboxylic acids is 1. The quantitative estimate of drug-likeness (QED) is 0.622. The van der Waals surface area contributed by atoms with Crippen molar-refractivity contribution in [3.63, 3.8) is 0 Å². The smallest absolute Gasteiger partial charge is 0.248 e. The van der Waals surface area contributed by atoms with Gasteiger partial charge in [0.1, 0.15) is 0 Å². The number of amides is 1. The van der Waals surface area contributed by atoms with Gasteiger partial charge in [0.25, 0.3) is 0 Å². The van der Waals surface area contributed by atoms with Crippen molar-refractivity contribution in [3.05, 3.63) is 29.8 Å². The van der Waals surface area contributed by atoms with E-state index < -0.39 is 15.9 Å². The minimum Gasteiger partial charge on any atom is -0.366 e. The van der Waals surface area contributed by atoms with Gasteiger partial charge in [-0.15, -0.1) is 12.4 Å². The van der Waals surface area contributed by atoms with Gasteiger partial charge in [-0.3, -0.25) is 4.79 Å². The fraction of sp³-hybridized carbons (Fsp3) is 0.364. The van der Waals surface area contributed by atoms with Gasteiger partial charge >= 0.3 is 0 Å². The largest absolute Gasteiger partial charge is 0.366 e. The van der Waals surface area contributed by atoms with E-state index in [4.69, 9.17) is 5.73 Å². The molecule has 1 rings (SSSR count). The average molecular weight is 308 g/mol. The Morgan fingerprint density at radius 3 is 2.58 bits per heavy atom. The van der Waals surface area contributed by atoms with Crippen LogP contribution in [0.2, 0.25) is 0 Å². The molecule has 0 radical (unpaired) electrons. The first-order chi connectivity index (χ1) is 8.47. The zero-order chi connectivity index (χ0) is 13.6. The molecule has 0 saturated carbocycles. The zero-order valence-corrected chi connectivity index (χ0v) is 12.2. The van der Waals surface area contributed by atoms with E-state index in [1.54, 1.807) is 7.05 Å². The van der Waals surface area contributed by atoms with Crippen molar-refractivity contribution in [2.75, 3.05) is 20.1 Å². The lowest BCUT2D eigenvalue weighted by atomic mass is 10.2. The van der Waals surface area contributed by atoms with Crippen LogP contribution in [-0.2, 0) is 10.0 Å². The van der Waals surface area contributed by atoms with Crippen molar-refractivity contribution in [2.45, 2.75) is 11.3 Å². The number of primary amides is 1. The number of hydrogen-bond donors (Lipinski definition) is 3. The number of nitrogens with one attached hydrogen (secondary N) is 2. The first-order valence-electron chi connectivity index (χ1n) is 5.51. The molecule has 0 heterocycles. The molecule has 0 atom stereocenters. The number of rotatable bonds is 7. The Bertz CT molecular complexity index is 520. The third-order valence-electron chi connectivity index (χ3n) is 2.32. The minimum absolute atomic E-state index is 0. The van der Waals surface area contributed by atoms with Crippen molar-refractivity contribution in [3.8, 4) is 0 Å². The molecular formula is C11H18ClN3O3S. The maximum Gasteiger partial charge on any atom is 0.248 e. The molecule has 1 amide bonds. The summed E-state index contributed by atoms with van der Waals surface area (Å²) >= 11 is 0. The number of carbonyl (C=O) groups is 1. The Labute approximate surface area is 119 Å². The van der Waals surface area contributed by atoms with Gasteiger partial charge in [0.05, 0.1) is 4.90 Å². The Balaban J connectivity index is 0.00000324. The predicted molar refractivity (Wildman–Crippen MR) is 75.9 cm³/mol. The standard InChI is InChI=1S/C11H17N3O3S.ClH/c1-13-6-3-7-14-18(16,17)10-5-2-4-9(8-10)11(12)15;/h2,4-5,8,13-14H,3,6-7H2,1H3,(H2,12,15);1H. The molecule has 0 aromatic heterocycles. The maximum absolute atomic E-state index is 11.9. The van der Waals surface area contributed by atoms with Gasteiger partial charge in [0.15, 0.2) is 0 Å². The van der Waals surface area contributed by atoms with Gasteiger partial charge in [-0.2, -0.15) is 0 Å². The van der Waals surface area contributed by atoms with E-state index in [2.05, 4.69) is 10.0 Å². The lowest BCUT2D eigenvalue weighted by Gasteiger charge is -2.07. The molecule has 0 saturated heterocycles. The summed E-state index contributed by atoms with van der Waals surface area (Å²) in [7, 11) is -1.79. The molecule has 108 valence electrons. The molecule has 1 aromatic rings. The van der Waals surface area contributed by atoms with Gasteiger partial charge in [0.2, 0.25) is 15.9 Å². The zero-order valence-electron chi connectivity index (χ0n) is 10.5. The number of sulfonamides is 1. The van der Waals surface area contributed by atoms with E-state index in [0.29, 0.717) is 13.0 Å². The highest BCUT2D eigenvalue weighted by Gasteiger charge is 2.14. The summed E-state index contributed by atoms with van der Waals surface area (Å²) in [5.74, 6) is -0.651. The van der Waals surface area contributed by atoms with Crippen molar-refractivity contribution in [1.29, 1.82) is 0 Å². The van der Waals surface area contributed by atoms with Crippen molar-refractivity contribution in [1.82, 2.24) is 10.0 Å². The normalized spacial score (nSPS) is 10.8. The second-order valence-corrected chi connectivity index (χ2v) is 5.51. The summed E-state index contributed by atoms with van der Waals surface area (Å²) in [6.07, 6.45) is 0.686. The third-order valence-corrected chi connectivity index (χ3v) is 3.78. The van der Waals surface area contributed by atoms with Crippen molar-refractivity contribution in [2.24, 2.45) is 5.73 Å². The molecule has 6 nitrogen and oxygen atoms in total. The van der Waals surface area contributed by atoms with E-state index in [-0.39, 0.29) is 22.9 Å². The number of halogens is 1. The molecule has 0 spiro atoms. The van der Waals surface area contributed by atoms with Crippen LogP contribution < -0.4 is 15.8 Å². The van der Waals surface area contributed by atoms with Crippen LogP contribution in [0.5, 0.6) is 0 Å². The Morgan fingerprint density at radius 1 is 1.32 bits per heavy atom. The Kier molecular flexibility index (Phi) is 7.62. The van der Waals surface area contributed by atoms with Crippen LogP contribution in [0.3, 0.4) is 0 Å². The predicted octanol–water partition coefficient (Wildman–Crippen LogP) is 0.0951. The lowest BCUT2D eigenvalue weighted by molar-refractivity contribution is 0.1000. The summed E-state index contributed by atoms with van der Waals surface area (Å²) < 4.78 is 26.2. The van der Waals surface area contributed by atoms with Crippen LogP contribution in [-0.4, -0.2) is 34.5 Å². The van der Waals surface area contributed by atoms with E-state index in [1.165, 1.54) is 24.3 Å². The molecule has 8 heteroatoms. The topological polar surface area (TPSA) is 101 Å². The fourth-order valence-electron chi connectivity index (χ4n) is 1.37. The second kappa shape index (κ2) is 8.11. The second-order valence-electron chi connectivity index (χ2n) is 3.75. The van der Waals surface area contributed by atoms with Crippen LogP contribution in [0.1, 0.15) is 16.8 Å². The maximum atomic E-state index is 11.9. The Hall–Kier alpha value is -1.15. The molecule has 0 fully saturated rings. The summed E-state index contributed by atoms with van der Waals surface area (Å²) in [5.41, 5.74) is 5.28. The molecule has 0 aliphatic rings. The van der Waals surface area contributed by atoms with Gasteiger partial charge < -0.3 is 11.1 Å². The van der Waals surface area contributed by atoms with Crippen molar-refractivity contribution < 1.29 is 13.2 Å². The van der Waals surface area contributed by atoms with Crippen LogP contribution in [0.4, 0.5) is 0 Å². The summed E-state index contributed by atoms with van der Waals surface area (Å²) in [6.45, 7) is 1.06. The van der Waals surface area contributed by atoms with Crippen molar-refractivity contribution >= 4 is 28.3 Å². The molecule has 1 aromatic carbocycles. The van der Waals surface area contributed by atoms with Gasteiger partial charge in [0, 0.05) is 12.1 Å². The van der Waals surface area contributed by atoms with E-state index in [1.807, 2.05) is 0 Å². The van der Waals surface area contributed by atoms with Gasteiger partial charge in [-0.25, -0.2) is 13.1 Å². The number of nitrogens with two attached hydrogens (primary N) is 1. The molecule has 0 unspecified atom stereocenters. The van der Waals surface area contributed by atoms with E-state index in [9.17, 15) is 13.2 Å². The molecule has 19 heavy (non-hydrogen) atoms. The first-order valence-corrected chi connectivity index (χ1v) is 7.00. The Morgan fingerprint density at radius 2 is 2.00 bits per heavy atom. The van der Waals surface area contributed by atoms with E-state index >= 15 is 0 Å². The van der Waals surface area contributed by atoms with Crippen LogP contribution in [0, 0.1) is 0 Å². The molecule has 0 aliphatic carbocycles.